The van der Waals surface area contributed by atoms with Gasteiger partial charge in [0.25, 0.3) is 5.91 Å². The third-order valence-corrected chi connectivity index (χ3v) is 4.16. The van der Waals surface area contributed by atoms with Gasteiger partial charge < -0.3 is 5.73 Å². The first-order valence-electron chi connectivity index (χ1n) is 6.92. The van der Waals surface area contributed by atoms with E-state index in [4.69, 9.17) is 5.73 Å². The van der Waals surface area contributed by atoms with Crippen LogP contribution in [0.15, 0.2) is 66.0 Å². The molecule has 3 N–H and O–H groups in total. The van der Waals surface area contributed by atoms with Crippen LogP contribution in [0.4, 0.5) is 5.00 Å². The maximum atomic E-state index is 12.2. The normalized spacial score (nSPS) is 10.8. The molecule has 23 heavy (non-hydrogen) atoms. The van der Waals surface area contributed by atoms with E-state index in [1.165, 1.54) is 11.3 Å². The Bertz CT molecular complexity index is 828. The summed E-state index contributed by atoms with van der Waals surface area (Å²) in [7, 11) is 0. The zero-order chi connectivity index (χ0) is 16.1. The Balaban J connectivity index is 1.73. The lowest BCUT2D eigenvalue weighted by molar-refractivity contribution is 0.0956. The molecule has 0 aliphatic heterocycles. The SMILES string of the molecule is Nc1sc(-c2ccccc2)cc1C(=O)N/N=C\c1ccncc1. The highest BCUT2D eigenvalue weighted by atomic mass is 32.1. The van der Waals surface area contributed by atoms with Gasteiger partial charge in [-0.15, -0.1) is 11.3 Å². The number of pyridine rings is 1. The smallest absolute Gasteiger partial charge is 0.274 e. The van der Waals surface area contributed by atoms with E-state index in [9.17, 15) is 4.79 Å². The number of nitrogens with zero attached hydrogens (tertiary/aromatic N) is 2. The van der Waals surface area contributed by atoms with Gasteiger partial charge in [0.2, 0.25) is 0 Å². The molecule has 2 aromatic heterocycles. The largest absolute Gasteiger partial charge is 0.390 e. The van der Waals surface area contributed by atoms with E-state index in [-0.39, 0.29) is 5.91 Å². The molecule has 2 heterocycles. The number of hydrogen-bond acceptors (Lipinski definition) is 5. The fourth-order valence-electron chi connectivity index (χ4n) is 2.00. The average Bonchev–Trinajstić information content (AvgIpc) is 2.98. The van der Waals surface area contributed by atoms with Gasteiger partial charge in [-0.2, -0.15) is 5.10 Å². The molecule has 0 unspecified atom stereocenters. The molecule has 1 amide bonds. The first kappa shape index (κ1) is 14.9. The molecule has 0 atom stereocenters. The van der Waals surface area contributed by atoms with E-state index in [0.717, 1.165) is 16.0 Å². The third-order valence-electron chi connectivity index (χ3n) is 3.15. The summed E-state index contributed by atoms with van der Waals surface area (Å²) >= 11 is 1.38. The summed E-state index contributed by atoms with van der Waals surface area (Å²) in [6.07, 6.45) is 4.87. The van der Waals surface area contributed by atoms with Crippen LogP contribution in [-0.2, 0) is 0 Å². The van der Waals surface area contributed by atoms with Crippen LogP contribution in [0.3, 0.4) is 0 Å². The molecular formula is C17H14N4OS. The summed E-state index contributed by atoms with van der Waals surface area (Å²) in [6.45, 7) is 0. The van der Waals surface area contributed by atoms with E-state index in [1.807, 2.05) is 30.3 Å². The number of hydrogen-bond donors (Lipinski definition) is 2. The quantitative estimate of drug-likeness (QED) is 0.572. The van der Waals surface area contributed by atoms with Crippen LogP contribution in [0.1, 0.15) is 15.9 Å². The van der Waals surface area contributed by atoms with Gasteiger partial charge in [-0.3, -0.25) is 9.78 Å². The lowest BCUT2D eigenvalue weighted by Gasteiger charge is -1.98. The van der Waals surface area contributed by atoms with Gasteiger partial charge in [0.1, 0.15) is 0 Å². The number of carbonyl (C=O) groups is 1. The molecule has 0 fully saturated rings. The first-order valence-corrected chi connectivity index (χ1v) is 7.74. The van der Waals surface area contributed by atoms with E-state index < -0.39 is 0 Å². The van der Waals surface area contributed by atoms with Gasteiger partial charge in [-0.1, -0.05) is 30.3 Å². The van der Waals surface area contributed by atoms with Crippen molar-refractivity contribution in [1.82, 2.24) is 10.4 Å². The summed E-state index contributed by atoms with van der Waals surface area (Å²) in [6, 6.07) is 15.2. The molecule has 0 spiro atoms. The maximum absolute atomic E-state index is 12.2. The van der Waals surface area contributed by atoms with Gasteiger partial charge in [0.05, 0.1) is 16.8 Å². The van der Waals surface area contributed by atoms with Crippen molar-refractivity contribution in [3.8, 4) is 10.4 Å². The summed E-state index contributed by atoms with van der Waals surface area (Å²) in [4.78, 5) is 17.1. The Hall–Kier alpha value is -2.99. The number of nitrogens with two attached hydrogens (primary N) is 1. The van der Waals surface area contributed by atoms with Crippen molar-refractivity contribution < 1.29 is 4.79 Å². The van der Waals surface area contributed by atoms with Crippen molar-refractivity contribution in [3.05, 3.63) is 72.1 Å². The molecule has 114 valence electrons. The molecule has 3 rings (SSSR count). The van der Waals surface area contributed by atoms with Gasteiger partial charge in [-0.25, -0.2) is 5.43 Å². The van der Waals surface area contributed by atoms with Crippen molar-refractivity contribution in [2.45, 2.75) is 0 Å². The number of nitrogens with one attached hydrogen (secondary N) is 1. The van der Waals surface area contributed by atoms with E-state index in [1.54, 1.807) is 36.8 Å². The lowest BCUT2D eigenvalue weighted by Crippen LogP contribution is -2.18. The van der Waals surface area contributed by atoms with Crippen LogP contribution in [0, 0.1) is 0 Å². The van der Waals surface area contributed by atoms with Crippen molar-refractivity contribution in [1.29, 1.82) is 0 Å². The second-order valence-corrected chi connectivity index (χ2v) is 5.82. The van der Waals surface area contributed by atoms with Crippen molar-refractivity contribution in [3.63, 3.8) is 0 Å². The number of nitrogen functional groups attached to an aromatic ring is 1. The molecule has 6 heteroatoms. The fourth-order valence-corrected chi connectivity index (χ4v) is 2.93. The van der Waals surface area contributed by atoms with Crippen LogP contribution >= 0.6 is 11.3 Å². The van der Waals surface area contributed by atoms with Gasteiger partial charge in [0, 0.05) is 17.3 Å². The predicted octanol–water partition coefficient (Wildman–Crippen LogP) is 3.16. The zero-order valence-corrected chi connectivity index (χ0v) is 13.0. The Morgan fingerprint density at radius 2 is 1.91 bits per heavy atom. The average molecular weight is 322 g/mol. The Labute approximate surface area is 137 Å². The highest BCUT2D eigenvalue weighted by molar-refractivity contribution is 7.19. The summed E-state index contributed by atoms with van der Waals surface area (Å²) < 4.78 is 0. The van der Waals surface area contributed by atoms with Crippen LogP contribution in [-0.4, -0.2) is 17.1 Å². The minimum Gasteiger partial charge on any atom is -0.390 e. The molecule has 0 aliphatic rings. The zero-order valence-electron chi connectivity index (χ0n) is 12.1. The highest BCUT2D eigenvalue weighted by Crippen LogP contribution is 2.33. The van der Waals surface area contributed by atoms with E-state index in [0.29, 0.717) is 10.6 Å². The molecule has 0 radical (unpaired) electrons. The number of aromatic nitrogens is 1. The fraction of sp³-hybridized carbons (Fsp3) is 0. The number of carbonyl (C=O) groups excluding carboxylic acids is 1. The number of amides is 1. The highest BCUT2D eigenvalue weighted by Gasteiger charge is 2.14. The molecule has 0 saturated carbocycles. The maximum Gasteiger partial charge on any atom is 0.274 e. The summed E-state index contributed by atoms with van der Waals surface area (Å²) in [5.74, 6) is -0.328. The van der Waals surface area contributed by atoms with Gasteiger partial charge in [0.15, 0.2) is 0 Å². The van der Waals surface area contributed by atoms with E-state index in [2.05, 4.69) is 15.5 Å². The topological polar surface area (TPSA) is 80.4 Å². The second kappa shape index (κ2) is 6.85. The monoisotopic (exact) mass is 322 g/mol. The number of anilines is 1. The van der Waals surface area contributed by atoms with Crippen LogP contribution in [0.25, 0.3) is 10.4 Å². The minimum atomic E-state index is -0.328. The van der Waals surface area contributed by atoms with Crippen molar-refractivity contribution in [2.75, 3.05) is 5.73 Å². The second-order valence-electron chi connectivity index (χ2n) is 4.73. The Morgan fingerprint density at radius 1 is 1.17 bits per heavy atom. The Kier molecular flexibility index (Phi) is 4.44. The summed E-state index contributed by atoms with van der Waals surface area (Å²) in [5, 5.41) is 4.41. The molecule has 0 aliphatic carbocycles. The van der Waals surface area contributed by atoms with Crippen molar-refractivity contribution >= 4 is 28.5 Å². The van der Waals surface area contributed by atoms with Crippen LogP contribution in [0.5, 0.6) is 0 Å². The molecule has 5 nitrogen and oxygen atoms in total. The minimum absolute atomic E-state index is 0.328. The number of rotatable bonds is 4. The Morgan fingerprint density at radius 3 is 2.65 bits per heavy atom. The van der Waals surface area contributed by atoms with Crippen molar-refractivity contribution in [2.24, 2.45) is 5.10 Å². The lowest BCUT2D eigenvalue weighted by atomic mass is 10.1. The summed E-state index contributed by atoms with van der Waals surface area (Å²) in [5.41, 5.74) is 10.8. The number of hydrazone groups is 1. The molecular weight excluding hydrogens is 308 g/mol. The predicted molar refractivity (Wildman–Crippen MR) is 93.5 cm³/mol. The van der Waals surface area contributed by atoms with Crippen LogP contribution < -0.4 is 11.2 Å². The van der Waals surface area contributed by atoms with Gasteiger partial charge >= 0.3 is 0 Å². The van der Waals surface area contributed by atoms with Crippen LogP contribution in [0.2, 0.25) is 0 Å². The number of thiophene rings is 1. The molecule has 0 saturated heterocycles. The molecule has 1 aromatic carbocycles. The number of benzene rings is 1. The van der Waals surface area contributed by atoms with Gasteiger partial charge in [-0.05, 0) is 29.3 Å². The van der Waals surface area contributed by atoms with E-state index >= 15 is 0 Å². The standard InChI is InChI=1S/C17H14N4OS/c18-16-14(10-15(23-16)13-4-2-1-3-5-13)17(22)21-20-11-12-6-8-19-9-7-12/h1-11H,18H2,(H,21,22)/b20-11-. The molecule has 3 aromatic rings. The first-order chi connectivity index (χ1) is 11.2. The third kappa shape index (κ3) is 3.61. The molecule has 0 bridgehead atoms.